The summed E-state index contributed by atoms with van der Waals surface area (Å²) in [6, 6.07) is 6.38. The lowest BCUT2D eigenvalue weighted by Gasteiger charge is -2.19. The van der Waals surface area contributed by atoms with Gasteiger partial charge in [-0.3, -0.25) is 9.59 Å². The summed E-state index contributed by atoms with van der Waals surface area (Å²) in [5.41, 5.74) is 0.440. The fourth-order valence-corrected chi connectivity index (χ4v) is 2.01. The minimum atomic E-state index is -1.11. The molecule has 0 saturated heterocycles. The molecular weight excluding hydrogens is 372 g/mol. The predicted molar refractivity (Wildman–Crippen MR) is 105 cm³/mol. The number of benzene rings is 1. The average molecular weight is 396 g/mol. The molecule has 0 saturated carbocycles. The van der Waals surface area contributed by atoms with Crippen molar-refractivity contribution in [2.45, 2.75) is 26.4 Å². The third-order valence-corrected chi connectivity index (χ3v) is 3.13. The molecule has 1 aromatic rings. The second-order valence-electron chi connectivity index (χ2n) is 6.46. The molecule has 0 aromatic heterocycles. The number of nitrogens with one attached hydrogen (secondary N) is 4. The Morgan fingerprint density at radius 1 is 1.04 bits per heavy atom. The van der Waals surface area contributed by atoms with E-state index in [-0.39, 0.29) is 0 Å². The summed E-state index contributed by atoms with van der Waals surface area (Å²) < 4.78 is 5.11. The molecule has 0 fully saturated rings. The van der Waals surface area contributed by atoms with E-state index in [0.29, 0.717) is 29.5 Å². The first-order chi connectivity index (χ1) is 12.6. The summed E-state index contributed by atoms with van der Waals surface area (Å²) in [5.74, 6) is -1.59. The van der Waals surface area contributed by atoms with Gasteiger partial charge in [0.25, 0.3) is 5.91 Å². The van der Waals surface area contributed by atoms with Crippen LogP contribution in [-0.2, 0) is 9.53 Å². The van der Waals surface area contributed by atoms with Crippen LogP contribution in [0, 0.1) is 0 Å². The highest BCUT2D eigenvalue weighted by Gasteiger charge is 2.15. The first-order valence-electron chi connectivity index (χ1n) is 8.18. The van der Waals surface area contributed by atoms with Gasteiger partial charge in [0.05, 0.1) is 0 Å². The van der Waals surface area contributed by atoms with Crippen LogP contribution in [0.25, 0.3) is 0 Å². The van der Waals surface area contributed by atoms with Crippen LogP contribution in [-0.4, -0.2) is 53.4 Å². The zero-order valence-corrected chi connectivity index (χ0v) is 16.2. The van der Waals surface area contributed by atoms with E-state index in [4.69, 9.17) is 22.1 Å². The Labute approximate surface area is 162 Å². The number of anilines is 1. The Hall–Kier alpha value is -2.88. The molecule has 2 amide bonds. The van der Waals surface area contributed by atoms with Crippen molar-refractivity contribution in [1.82, 2.24) is 16.0 Å². The highest BCUT2D eigenvalue weighted by Crippen LogP contribution is 2.09. The first-order valence-corrected chi connectivity index (χ1v) is 8.59. The van der Waals surface area contributed by atoms with Crippen LogP contribution in [0.3, 0.4) is 0 Å². The molecule has 0 aliphatic carbocycles. The monoisotopic (exact) mass is 396 g/mol. The molecule has 0 radical (unpaired) electrons. The number of carboxylic acid groups (broad SMARTS) is 1. The molecule has 1 aromatic carbocycles. The fourth-order valence-electron chi connectivity index (χ4n) is 1.79. The zero-order chi connectivity index (χ0) is 20.4. The van der Waals surface area contributed by atoms with Gasteiger partial charge >= 0.3 is 12.1 Å². The van der Waals surface area contributed by atoms with Gasteiger partial charge in [0.15, 0.2) is 5.11 Å². The van der Waals surface area contributed by atoms with E-state index in [2.05, 4.69) is 21.3 Å². The van der Waals surface area contributed by atoms with Gasteiger partial charge in [0.1, 0.15) is 12.1 Å². The number of rotatable bonds is 7. The van der Waals surface area contributed by atoms with Crippen LogP contribution in [0.2, 0.25) is 0 Å². The molecule has 0 aliphatic rings. The Bertz CT molecular complexity index is 686. The van der Waals surface area contributed by atoms with Crippen molar-refractivity contribution < 1.29 is 24.2 Å². The van der Waals surface area contributed by atoms with Crippen molar-refractivity contribution in [2.24, 2.45) is 0 Å². The number of carboxylic acids is 1. The Kier molecular flexibility index (Phi) is 8.46. The van der Waals surface area contributed by atoms with Crippen LogP contribution in [0.4, 0.5) is 10.5 Å². The molecule has 0 heterocycles. The third-order valence-electron chi connectivity index (χ3n) is 2.88. The summed E-state index contributed by atoms with van der Waals surface area (Å²) in [7, 11) is 0. The fraction of sp³-hybridized carbons (Fsp3) is 0.412. The van der Waals surface area contributed by atoms with E-state index in [1.165, 1.54) is 0 Å². The van der Waals surface area contributed by atoms with Crippen molar-refractivity contribution in [3.8, 4) is 0 Å². The molecule has 148 valence electrons. The summed E-state index contributed by atoms with van der Waals surface area (Å²) in [6.07, 6.45) is -0.500. The van der Waals surface area contributed by atoms with Gasteiger partial charge in [-0.1, -0.05) is 0 Å². The molecular formula is C17H24N4O5S. The standard InChI is InChI=1S/C17H24N4O5S/c1-17(2,3)26-16(25)19-9-8-18-15(27)21-12-6-4-11(5-7-12)14(24)20-10-13(22)23/h4-7H,8-10H2,1-3H3,(H,19,25)(H,20,24)(H,22,23)(H2,18,21,27). The summed E-state index contributed by atoms with van der Waals surface area (Å²) >= 11 is 5.15. The van der Waals surface area contributed by atoms with Crippen molar-refractivity contribution in [3.63, 3.8) is 0 Å². The van der Waals surface area contributed by atoms with Gasteiger partial charge in [-0.25, -0.2) is 4.79 Å². The number of amides is 2. The van der Waals surface area contributed by atoms with Crippen LogP contribution in [0.5, 0.6) is 0 Å². The average Bonchev–Trinajstić information content (AvgIpc) is 2.55. The van der Waals surface area contributed by atoms with E-state index in [9.17, 15) is 14.4 Å². The Morgan fingerprint density at radius 2 is 1.63 bits per heavy atom. The van der Waals surface area contributed by atoms with Crippen LogP contribution in [0.1, 0.15) is 31.1 Å². The van der Waals surface area contributed by atoms with Gasteiger partial charge in [-0.2, -0.15) is 0 Å². The lowest BCUT2D eigenvalue weighted by atomic mass is 10.2. The number of thiocarbonyl (C=S) groups is 1. The summed E-state index contributed by atoms with van der Waals surface area (Å²) in [5, 5.41) is 19.6. The number of hydrogen-bond acceptors (Lipinski definition) is 5. The SMILES string of the molecule is CC(C)(C)OC(=O)NCCNC(=S)Nc1ccc(C(=O)NCC(=O)O)cc1. The summed E-state index contributed by atoms with van der Waals surface area (Å²) in [4.78, 5) is 33.7. The lowest BCUT2D eigenvalue weighted by molar-refractivity contribution is -0.135. The van der Waals surface area contributed by atoms with Crippen molar-refractivity contribution >= 4 is 41.0 Å². The minimum absolute atomic E-state index is 0.333. The number of aliphatic carboxylic acids is 1. The van der Waals surface area contributed by atoms with Crippen molar-refractivity contribution in [3.05, 3.63) is 29.8 Å². The Morgan fingerprint density at radius 3 is 2.19 bits per heavy atom. The zero-order valence-electron chi connectivity index (χ0n) is 15.4. The van der Waals surface area contributed by atoms with Gasteiger partial charge in [-0.15, -0.1) is 0 Å². The molecule has 10 heteroatoms. The second kappa shape index (κ2) is 10.3. The van der Waals surface area contributed by atoms with E-state index in [1.54, 1.807) is 45.0 Å². The van der Waals surface area contributed by atoms with E-state index in [1.807, 2.05) is 0 Å². The predicted octanol–water partition coefficient (Wildman–Crippen LogP) is 1.31. The number of carbonyl (C=O) groups is 3. The van der Waals surface area contributed by atoms with E-state index in [0.717, 1.165) is 0 Å². The maximum Gasteiger partial charge on any atom is 0.407 e. The maximum atomic E-state index is 11.7. The van der Waals surface area contributed by atoms with Crippen molar-refractivity contribution in [1.29, 1.82) is 0 Å². The summed E-state index contributed by atoms with van der Waals surface area (Å²) in [6.45, 7) is 5.64. The minimum Gasteiger partial charge on any atom is -0.480 e. The highest BCUT2D eigenvalue weighted by atomic mass is 32.1. The molecule has 1 rings (SSSR count). The van der Waals surface area contributed by atoms with Crippen molar-refractivity contribution in [2.75, 3.05) is 25.0 Å². The first kappa shape index (κ1) is 22.2. The number of ether oxygens (including phenoxy) is 1. The normalized spacial score (nSPS) is 10.5. The van der Waals surface area contributed by atoms with Crippen LogP contribution in [0.15, 0.2) is 24.3 Å². The van der Waals surface area contributed by atoms with Gasteiger partial charge < -0.3 is 31.1 Å². The number of hydrogen-bond donors (Lipinski definition) is 5. The maximum absolute atomic E-state index is 11.7. The lowest BCUT2D eigenvalue weighted by Crippen LogP contribution is -2.39. The molecule has 0 aliphatic heterocycles. The smallest absolute Gasteiger partial charge is 0.407 e. The molecule has 27 heavy (non-hydrogen) atoms. The molecule has 0 unspecified atom stereocenters. The second-order valence-corrected chi connectivity index (χ2v) is 6.87. The van der Waals surface area contributed by atoms with Crippen LogP contribution >= 0.6 is 12.2 Å². The quantitative estimate of drug-likeness (QED) is 0.345. The highest BCUT2D eigenvalue weighted by molar-refractivity contribution is 7.80. The van der Waals surface area contributed by atoms with Crippen LogP contribution < -0.4 is 21.3 Å². The number of alkyl carbamates (subject to hydrolysis) is 1. The molecule has 0 spiro atoms. The third kappa shape index (κ3) is 10.00. The molecule has 0 atom stereocenters. The van der Waals surface area contributed by atoms with Gasteiger partial charge in [0, 0.05) is 24.3 Å². The largest absolute Gasteiger partial charge is 0.480 e. The molecule has 5 N–H and O–H groups in total. The topological polar surface area (TPSA) is 129 Å². The van der Waals surface area contributed by atoms with E-state index < -0.39 is 30.1 Å². The Balaban J connectivity index is 2.33. The number of carbonyl (C=O) groups excluding carboxylic acids is 2. The van der Waals surface area contributed by atoms with E-state index >= 15 is 0 Å². The molecule has 0 bridgehead atoms. The molecule has 9 nitrogen and oxygen atoms in total. The van der Waals surface area contributed by atoms with Gasteiger partial charge in [0.2, 0.25) is 0 Å². The van der Waals surface area contributed by atoms with Gasteiger partial charge in [-0.05, 0) is 57.3 Å².